The minimum atomic E-state index is -0.643. The van der Waals surface area contributed by atoms with Crippen LogP contribution < -0.4 is 0 Å². The van der Waals surface area contributed by atoms with E-state index in [0.29, 0.717) is 6.61 Å². The number of hydrogen-bond acceptors (Lipinski definition) is 3. The highest BCUT2D eigenvalue weighted by Crippen LogP contribution is 2.38. The van der Waals surface area contributed by atoms with Gasteiger partial charge >= 0.3 is 5.97 Å². The molecule has 0 saturated heterocycles. The van der Waals surface area contributed by atoms with Crippen molar-refractivity contribution in [2.75, 3.05) is 6.61 Å². The zero-order chi connectivity index (χ0) is 9.19. The Balaban J connectivity index is 2.63. The molecule has 3 heteroatoms. The topological polar surface area (TPSA) is 46.5 Å². The highest BCUT2D eigenvalue weighted by Gasteiger charge is 2.45. The lowest BCUT2D eigenvalue weighted by atomic mass is 9.87. The summed E-state index contributed by atoms with van der Waals surface area (Å²) in [5, 5.41) is 9.54. The highest BCUT2D eigenvalue weighted by molar-refractivity contribution is 5.77. The van der Waals surface area contributed by atoms with Gasteiger partial charge in [0.2, 0.25) is 0 Å². The summed E-state index contributed by atoms with van der Waals surface area (Å²) < 4.78 is 4.90. The minimum Gasteiger partial charge on any atom is -0.465 e. The summed E-state index contributed by atoms with van der Waals surface area (Å²) in [5.74, 6) is -0.255. The second-order valence-electron chi connectivity index (χ2n) is 3.55. The van der Waals surface area contributed by atoms with Crippen molar-refractivity contribution in [1.82, 2.24) is 0 Å². The van der Waals surface area contributed by atoms with Crippen molar-refractivity contribution in [1.29, 1.82) is 0 Å². The van der Waals surface area contributed by atoms with E-state index in [9.17, 15) is 9.90 Å². The molecule has 0 amide bonds. The van der Waals surface area contributed by atoms with E-state index in [4.69, 9.17) is 4.74 Å². The molecule has 1 aliphatic rings. The molecule has 0 aliphatic heterocycles. The first kappa shape index (κ1) is 9.52. The van der Waals surface area contributed by atoms with E-state index in [1.807, 2.05) is 0 Å². The van der Waals surface area contributed by atoms with E-state index < -0.39 is 11.5 Å². The maximum absolute atomic E-state index is 11.4. The van der Waals surface area contributed by atoms with Gasteiger partial charge < -0.3 is 9.84 Å². The van der Waals surface area contributed by atoms with Crippen LogP contribution in [0.25, 0.3) is 0 Å². The Hall–Kier alpha value is -0.570. The zero-order valence-electron chi connectivity index (χ0n) is 7.67. The normalized spacial score (nSPS) is 35.1. The molecule has 1 aliphatic carbocycles. The molecular weight excluding hydrogens is 156 g/mol. The molecule has 0 radical (unpaired) electrons. The fourth-order valence-corrected chi connectivity index (χ4v) is 1.68. The molecule has 1 N–H and O–H groups in total. The summed E-state index contributed by atoms with van der Waals surface area (Å²) in [6.45, 7) is 3.95. The molecule has 1 saturated carbocycles. The molecular formula is C9H16O3. The molecule has 1 fully saturated rings. The van der Waals surface area contributed by atoms with Crippen LogP contribution in [0.2, 0.25) is 0 Å². The Labute approximate surface area is 72.7 Å². The lowest BCUT2D eigenvalue weighted by Crippen LogP contribution is -2.36. The molecule has 3 nitrogen and oxygen atoms in total. The number of ether oxygens (including phenoxy) is 1. The number of hydrogen-bond donors (Lipinski definition) is 1. The molecule has 0 aromatic rings. The van der Waals surface area contributed by atoms with Crippen LogP contribution in [-0.4, -0.2) is 23.8 Å². The first-order chi connectivity index (χ1) is 5.61. The van der Waals surface area contributed by atoms with Gasteiger partial charge in [-0.05, 0) is 33.1 Å². The summed E-state index contributed by atoms with van der Waals surface area (Å²) in [4.78, 5) is 11.4. The maximum Gasteiger partial charge on any atom is 0.314 e. The van der Waals surface area contributed by atoms with Gasteiger partial charge in [0.25, 0.3) is 0 Å². The number of carbonyl (C=O) groups is 1. The van der Waals surface area contributed by atoms with Gasteiger partial charge in [-0.1, -0.05) is 0 Å². The van der Waals surface area contributed by atoms with Gasteiger partial charge in [-0.2, -0.15) is 0 Å². The summed E-state index contributed by atoms with van der Waals surface area (Å²) in [5.41, 5.74) is -0.643. The second-order valence-corrected chi connectivity index (χ2v) is 3.55. The summed E-state index contributed by atoms with van der Waals surface area (Å²) in [6.07, 6.45) is 1.86. The molecule has 1 unspecified atom stereocenters. The van der Waals surface area contributed by atoms with Crippen molar-refractivity contribution in [3.05, 3.63) is 0 Å². The molecule has 0 spiro atoms. The van der Waals surface area contributed by atoms with E-state index in [-0.39, 0.29) is 5.97 Å². The molecule has 2 atom stereocenters. The average Bonchev–Trinajstić information content (AvgIpc) is 2.34. The Morgan fingerprint density at radius 1 is 1.75 bits per heavy atom. The van der Waals surface area contributed by atoms with Crippen LogP contribution >= 0.6 is 0 Å². The number of carbonyl (C=O) groups excluding carboxylic acids is 1. The van der Waals surface area contributed by atoms with Gasteiger partial charge in [0.05, 0.1) is 18.1 Å². The number of esters is 1. The molecule has 70 valence electrons. The van der Waals surface area contributed by atoms with Gasteiger partial charge in [-0.25, -0.2) is 0 Å². The van der Waals surface area contributed by atoms with Crippen LogP contribution in [0, 0.1) is 5.41 Å². The van der Waals surface area contributed by atoms with Gasteiger partial charge in [0.1, 0.15) is 0 Å². The third-order valence-corrected chi connectivity index (χ3v) is 2.65. The monoisotopic (exact) mass is 172 g/mol. The average molecular weight is 172 g/mol. The van der Waals surface area contributed by atoms with E-state index in [2.05, 4.69) is 0 Å². The molecule has 1 rings (SSSR count). The van der Waals surface area contributed by atoms with Crippen LogP contribution in [0.4, 0.5) is 0 Å². The van der Waals surface area contributed by atoms with E-state index in [0.717, 1.165) is 19.3 Å². The van der Waals surface area contributed by atoms with Crippen molar-refractivity contribution >= 4 is 5.97 Å². The van der Waals surface area contributed by atoms with Gasteiger partial charge in [0.15, 0.2) is 0 Å². The predicted molar refractivity (Wildman–Crippen MR) is 44.6 cm³/mol. The second kappa shape index (κ2) is 3.44. The number of rotatable bonds is 2. The van der Waals surface area contributed by atoms with Crippen molar-refractivity contribution < 1.29 is 14.6 Å². The highest BCUT2D eigenvalue weighted by atomic mass is 16.5. The zero-order valence-corrected chi connectivity index (χ0v) is 7.67. The van der Waals surface area contributed by atoms with Crippen LogP contribution in [0.1, 0.15) is 33.1 Å². The lowest BCUT2D eigenvalue weighted by molar-refractivity contribution is -0.159. The van der Waals surface area contributed by atoms with E-state index >= 15 is 0 Å². The third-order valence-electron chi connectivity index (χ3n) is 2.65. The van der Waals surface area contributed by atoms with Crippen molar-refractivity contribution in [2.45, 2.75) is 39.2 Å². The largest absolute Gasteiger partial charge is 0.465 e. The standard InChI is InChI=1S/C9H16O3/c1-3-12-8(11)9(2)6-4-5-7(9)10/h7,10H,3-6H2,1-2H3/t7-,9?/m0/s1. The van der Waals surface area contributed by atoms with Crippen LogP contribution in [0.3, 0.4) is 0 Å². The molecule has 0 heterocycles. The fourth-order valence-electron chi connectivity index (χ4n) is 1.68. The predicted octanol–water partition coefficient (Wildman–Crippen LogP) is 1.10. The first-order valence-electron chi connectivity index (χ1n) is 4.46. The van der Waals surface area contributed by atoms with E-state index in [1.165, 1.54) is 0 Å². The van der Waals surface area contributed by atoms with Crippen LogP contribution in [0.15, 0.2) is 0 Å². The fraction of sp³-hybridized carbons (Fsp3) is 0.889. The molecule has 0 bridgehead atoms. The SMILES string of the molecule is CCOC(=O)C1(C)CCC[C@@H]1O. The van der Waals surface area contributed by atoms with Crippen LogP contribution in [-0.2, 0) is 9.53 Å². The Bertz CT molecular complexity index is 179. The number of aliphatic hydroxyl groups excluding tert-OH is 1. The quantitative estimate of drug-likeness (QED) is 0.634. The molecule has 0 aromatic heterocycles. The van der Waals surface area contributed by atoms with Gasteiger partial charge in [-0.15, -0.1) is 0 Å². The summed E-state index contributed by atoms with van der Waals surface area (Å²) in [7, 11) is 0. The smallest absolute Gasteiger partial charge is 0.314 e. The Morgan fingerprint density at radius 3 is 2.83 bits per heavy atom. The minimum absolute atomic E-state index is 0.255. The van der Waals surface area contributed by atoms with Crippen LogP contribution in [0.5, 0.6) is 0 Å². The maximum atomic E-state index is 11.4. The van der Waals surface area contributed by atoms with Crippen molar-refractivity contribution in [3.8, 4) is 0 Å². The Kier molecular flexibility index (Phi) is 2.73. The van der Waals surface area contributed by atoms with Crippen molar-refractivity contribution in [3.63, 3.8) is 0 Å². The Morgan fingerprint density at radius 2 is 2.42 bits per heavy atom. The van der Waals surface area contributed by atoms with E-state index in [1.54, 1.807) is 13.8 Å². The first-order valence-corrected chi connectivity index (χ1v) is 4.46. The lowest BCUT2D eigenvalue weighted by Gasteiger charge is -2.24. The molecule has 0 aromatic carbocycles. The summed E-state index contributed by atoms with van der Waals surface area (Å²) >= 11 is 0. The van der Waals surface area contributed by atoms with Crippen molar-refractivity contribution in [2.24, 2.45) is 5.41 Å². The molecule has 12 heavy (non-hydrogen) atoms. The van der Waals surface area contributed by atoms with Gasteiger partial charge in [0, 0.05) is 0 Å². The van der Waals surface area contributed by atoms with Gasteiger partial charge in [-0.3, -0.25) is 4.79 Å². The number of aliphatic hydroxyl groups is 1. The third kappa shape index (κ3) is 1.46. The summed E-state index contributed by atoms with van der Waals surface area (Å²) in [6, 6.07) is 0.